The van der Waals surface area contributed by atoms with E-state index in [4.69, 9.17) is 4.74 Å². The standard InChI is InChI=1S/C22H21NO3S/c1-26-19-13-14-20-18(16-19)12-15-22(23-27(2,24)25)21(20)11-7-6-10-17-8-4-3-5-9-17/h3-5,8-9,12-16,23H,6,10H2,1-2H3. The first kappa shape index (κ1) is 18.8. The lowest BCUT2D eigenvalue weighted by Gasteiger charge is -2.11. The molecule has 3 rings (SSSR count). The van der Waals surface area contributed by atoms with Crippen LogP contribution in [0.2, 0.25) is 0 Å². The summed E-state index contributed by atoms with van der Waals surface area (Å²) in [4.78, 5) is 0. The fraction of sp³-hybridized carbons (Fsp3) is 0.182. The van der Waals surface area contributed by atoms with Crippen molar-refractivity contribution in [3.63, 3.8) is 0 Å². The molecule has 3 aromatic carbocycles. The molecule has 0 aliphatic heterocycles. The van der Waals surface area contributed by atoms with Crippen LogP contribution < -0.4 is 9.46 Å². The van der Waals surface area contributed by atoms with E-state index in [0.29, 0.717) is 17.7 Å². The molecular weight excluding hydrogens is 358 g/mol. The van der Waals surface area contributed by atoms with Gasteiger partial charge < -0.3 is 4.74 Å². The highest BCUT2D eigenvalue weighted by atomic mass is 32.2. The lowest BCUT2D eigenvalue weighted by Crippen LogP contribution is -2.10. The van der Waals surface area contributed by atoms with Crippen molar-refractivity contribution < 1.29 is 13.2 Å². The molecule has 27 heavy (non-hydrogen) atoms. The molecule has 0 fully saturated rings. The molecule has 0 heterocycles. The maximum atomic E-state index is 11.7. The Kier molecular flexibility index (Phi) is 5.68. The van der Waals surface area contributed by atoms with Gasteiger partial charge in [0, 0.05) is 6.42 Å². The van der Waals surface area contributed by atoms with Crippen LogP contribution in [0.25, 0.3) is 10.8 Å². The van der Waals surface area contributed by atoms with Gasteiger partial charge in [-0.2, -0.15) is 0 Å². The Morgan fingerprint density at radius 3 is 2.52 bits per heavy atom. The van der Waals surface area contributed by atoms with Crippen LogP contribution in [0.1, 0.15) is 17.5 Å². The second-order valence-corrected chi connectivity index (χ2v) is 7.99. The van der Waals surface area contributed by atoms with Gasteiger partial charge in [0.05, 0.1) is 24.6 Å². The summed E-state index contributed by atoms with van der Waals surface area (Å²) in [6.45, 7) is 0. The zero-order valence-corrected chi connectivity index (χ0v) is 16.1. The lowest BCUT2D eigenvalue weighted by atomic mass is 10.0. The van der Waals surface area contributed by atoms with E-state index in [2.05, 4.69) is 28.7 Å². The summed E-state index contributed by atoms with van der Waals surface area (Å²) in [5.74, 6) is 7.09. The molecule has 0 amide bonds. The summed E-state index contributed by atoms with van der Waals surface area (Å²) < 4.78 is 31.3. The highest BCUT2D eigenvalue weighted by molar-refractivity contribution is 7.92. The number of anilines is 1. The van der Waals surface area contributed by atoms with E-state index >= 15 is 0 Å². The molecule has 0 aliphatic carbocycles. The van der Waals surface area contributed by atoms with Gasteiger partial charge in [0.15, 0.2) is 0 Å². The van der Waals surface area contributed by atoms with Crippen molar-refractivity contribution >= 4 is 26.5 Å². The van der Waals surface area contributed by atoms with E-state index in [9.17, 15) is 8.42 Å². The Balaban J connectivity index is 1.97. The van der Waals surface area contributed by atoms with Gasteiger partial charge in [-0.25, -0.2) is 8.42 Å². The first-order valence-electron chi connectivity index (χ1n) is 8.57. The molecule has 0 saturated carbocycles. The fourth-order valence-electron chi connectivity index (χ4n) is 2.86. The third kappa shape index (κ3) is 5.02. The van der Waals surface area contributed by atoms with Crippen LogP contribution in [0.15, 0.2) is 60.7 Å². The summed E-state index contributed by atoms with van der Waals surface area (Å²) in [7, 11) is -1.78. The highest BCUT2D eigenvalue weighted by Crippen LogP contribution is 2.29. The van der Waals surface area contributed by atoms with Crippen LogP contribution in [0.4, 0.5) is 5.69 Å². The average Bonchev–Trinajstić information content (AvgIpc) is 2.65. The molecule has 0 bridgehead atoms. The summed E-state index contributed by atoms with van der Waals surface area (Å²) in [5, 5.41) is 1.83. The van der Waals surface area contributed by atoms with Gasteiger partial charge in [-0.05, 0) is 47.0 Å². The second-order valence-electron chi connectivity index (χ2n) is 6.24. The number of benzene rings is 3. The minimum Gasteiger partial charge on any atom is -0.497 e. The molecule has 1 N–H and O–H groups in total. The Bertz CT molecular complexity index is 1110. The molecule has 4 nitrogen and oxygen atoms in total. The van der Waals surface area contributed by atoms with Crippen molar-refractivity contribution in [1.29, 1.82) is 0 Å². The summed E-state index contributed by atoms with van der Waals surface area (Å²) in [6, 6.07) is 19.4. The quantitative estimate of drug-likeness (QED) is 0.676. The SMILES string of the molecule is COc1ccc2c(C#CCCc3ccccc3)c(NS(C)(=O)=O)ccc2c1. The maximum absolute atomic E-state index is 11.7. The predicted molar refractivity (Wildman–Crippen MR) is 111 cm³/mol. The number of methoxy groups -OCH3 is 1. The topological polar surface area (TPSA) is 55.4 Å². The molecule has 0 unspecified atom stereocenters. The van der Waals surface area contributed by atoms with E-state index in [0.717, 1.165) is 29.2 Å². The van der Waals surface area contributed by atoms with Crippen molar-refractivity contribution in [3.8, 4) is 17.6 Å². The molecule has 0 aromatic heterocycles. The smallest absolute Gasteiger partial charge is 0.229 e. The second kappa shape index (κ2) is 8.15. The minimum atomic E-state index is -3.40. The van der Waals surface area contributed by atoms with E-state index in [1.165, 1.54) is 5.56 Å². The minimum absolute atomic E-state index is 0.488. The molecule has 5 heteroatoms. The van der Waals surface area contributed by atoms with Gasteiger partial charge in [0.25, 0.3) is 0 Å². The Morgan fingerprint density at radius 2 is 1.81 bits per heavy atom. The summed E-state index contributed by atoms with van der Waals surface area (Å²) in [5.41, 5.74) is 2.39. The van der Waals surface area contributed by atoms with Gasteiger partial charge in [-0.3, -0.25) is 4.72 Å². The number of rotatable bonds is 5. The summed E-state index contributed by atoms with van der Waals surface area (Å²) in [6.07, 6.45) is 2.67. The van der Waals surface area contributed by atoms with Crippen molar-refractivity contribution in [2.24, 2.45) is 0 Å². The van der Waals surface area contributed by atoms with Gasteiger partial charge in [0.2, 0.25) is 10.0 Å². The zero-order valence-electron chi connectivity index (χ0n) is 15.3. The normalized spacial score (nSPS) is 10.9. The molecule has 0 atom stereocenters. The van der Waals surface area contributed by atoms with Crippen LogP contribution in [0, 0.1) is 11.8 Å². The molecule has 0 aliphatic rings. The largest absolute Gasteiger partial charge is 0.497 e. The number of sulfonamides is 1. The fourth-order valence-corrected chi connectivity index (χ4v) is 3.43. The van der Waals surface area contributed by atoms with Crippen LogP contribution in [-0.4, -0.2) is 21.8 Å². The van der Waals surface area contributed by atoms with E-state index in [1.807, 2.05) is 42.5 Å². The molecule has 0 spiro atoms. The monoisotopic (exact) mass is 379 g/mol. The third-order valence-electron chi connectivity index (χ3n) is 4.12. The third-order valence-corrected chi connectivity index (χ3v) is 4.71. The molecule has 0 saturated heterocycles. The Morgan fingerprint density at radius 1 is 1.04 bits per heavy atom. The Labute approximate surface area is 160 Å². The van der Waals surface area contributed by atoms with Gasteiger partial charge in [0.1, 0.15) is 5.75 Å². The van der Waals surface area contributed by atoms with Gasteiger partial charge in [-0.1, -0.05) is 48.2 Å². The molecule has 0 radical (unpaired) electrons. The Hall–Kier alpha value is -2.97. The van der Waals surface area contributed by atoms with Crippen molar-refractivity contribution in [2.45, 2.75) is 12.8 Å². The lowest BCUT2D eigenvalue weighted by molar-refractivity contribution is 0.415. The van der Waals surface area contributed by atoms with E-state index < -0.39 is 10.0 Å². The van der Waals surface area contributed by atoms with E-state index in [-0.39, 0.29) is 0 Å². The number of ether oxygens (including phenoxy) is 1. The molecular formula is C22H21NO3S. The highest BCUT2D eigenvalue weighted by Gasteiger charge is 2.10. The first-order valence-corrected chi connectivity index (χ1v) is 10.5. The van der Waals surface area contributed by atoms with Gasteiger partial charge in [-0.15, -0.1) is 0 Å². The predicted octanol–water partition coefficient (Wildman–Crippen LogP) is 4.20. The number of hydrogen-bond donors (Lipinski definition) is 1. The van der Waals surface area contributed by atoms with Crippen molar-refractivity contribution in [1.82, 2.24) is 0 Å². The average molecular weight is 379 g/mol. The number of fused-ring (bicyclic) bond motifs is 1. The number of nitrogens with one attached hydrogen (secondary N) is 1. The van der Waals surface area contributed by atoms with Crippen LogP contribution in [0.5, 0.6) is 5.75 Å². The summed E-state index contributed by atoms with van der Waals surface area (Å²) >= 11 is 0. The first-order chi connectivity index (χ1) is 13.0. The maximum Gasteiger partial charge on any atom is 0.229 e. The van der Waals surface area contributed by atoms with E-state index in [1.54, 1.807) is 13.2 Å². The molecule has 138 valence electrons. The molecule has 3 aromatic rings. The van der Waals surface area contributed by atoms with Crippen molar-refractivity contribution in [3.05, 3.63) is 71.8 Å². The van der Waals surface area contributed by atoms with Crippen molar-refractivity contribution in [2.75, 3.05) is 18.1 Å². The van der Waals surface area contributed by atoms with Crippen LogP contribution >= 0.6 is 0 Å². The van der Waals surface area contributed by atoms with Gasteiger partial charge >= 0.3 is 0 Å². The number of hydrogen-bond acceptors (Lipinski definition) is 3. The van der Waals surface area contributed by atoms with Crippen LogP contribution in [0.3, 0.4) is 0 Å². The zero-order chi connectivity index (χ0) is 19.3. The number of aryl methyl sites for hydroxylation is 1. The van der Waals surface area contributed by atoms with Crippen LogP contribution in [-0.2, 0) is 16.4 Å².